The van der Waals surface area contributed by atoms with E-state index in [0.717, 1.165) is 29.7 Å². The number of hydrogen-bond donors (Lipinski definition) is 2. The molecule has 0 amide bonds. The number of nitrogens with one attached hydrogen (secondary N) is 1. The van der Waals surface area contributed by atoms with E-state index in [2.05, 4.69) is 29.5 Å². The lowest BCUT2D eigenvalue weighted by Crippen LogP contribution is -2.20. The third-order valence-corrected chi connectivity index (χ3v) is 3.55. The Kier molecular flexibility index (Phi) is 5.22. The lowest BCUT2D eigenvalue weighted by Gasteiger charge is -2.08. The van der Waals surface area contributed by atoms with E-state index in [1.807, 2.05) is 6.92 Å². The lowest BCUT2D eigenvalue weighted by molar-refractivity contribution is 0.497. The molecule has 0 bridgehead atoms. The highest BCUT2D eigenvalue weighted by molar-refractivity contribution is 7.09. The van der Waals surface area contributed by atoms with Crippen LogP contribution in [0.5, 0.6) is 0 Å². The first kappa shape index (κ1) is 12.6. The van der Waals surface area contributed by atoms with Crippen LogP contribution in [-0.2, 0) is 6.54 Å². The van der Waals surface area contributed by atoms with Gasteiger partial charge in [-0.2, -0.15) is 0 Å². The molecular formula is C11H21N3S. The van der Waals surface area contributed by atoms with Crippen LogP contribution in [-0.4, -0.2) is 11.5 Å². The number of rotatable bonds is 6. The summed E-state index contributed by atoms with van der Waals surface area (Å²) in [6.07, 6.45) is 1.22. The third kappa shape index (κ3) is 4.28. The zero-order chi connectivity index (χ0) is 11.3. The van der Waals surface area contributed by atoms with E-state index in [-0.39, 0.29) is 6.04 Å². The van der Waals surface area contributed by atoms with Crippen molar-refractivity contribution in [3.8, 4) is 0 Å². The van der Waals surface area contributed by atoms with Crippen LogP contribution >= 0.6 is 11.3 Å². The highest BCUT2D eigenvalue weighted by Crippen LogP contribution is 2.15. The second kappa shape index (κ2) is 6.20. The predicted octanol–water partition coefficient (Wildman–Crippen LogP) is 2.30. The van der Waals surface area contributed by atoms with Gasteiger partial charge in [0.1, 0.15) is 5.01 Å². The van der Waals surface area contributed by atoms with Gasteiger partial charge in [-0.05, 0) is 19.4 Å². The number of thiazole rings is 1. The van der Waals surface area contributed by atoms with Crippen molar-refractivity contribution in [2.75, 3.05) is 6.54 Å². The summed E-state index contributed by atoms with van der Waals surface area (Å²) in [5, 5.41) is 6.52. The summed E-state index contributed by atoms with van der Waals surface area (Å²) in [5.74, 6) is 0.733. The largest absolute Gasteiger partial charge is 0.322 e. The molecule has 4 heteroatoms. The first-order valence-corrected chi connectivity index (χ1v) is 6.42. The van der Waals surface area contributed by atoms with Crippen molar-refractivity contribution < 1.29 is 0 Å². The van der Waals surface area contributed by atoms with Gasteiger partial charge in [0.15, 0.2) is 0 Å². The van der Waals surface area contributed by atoms with Crippen LogP contribution < -0.4 is 11.1 Å². The second-order valence-corrected chi connectivity index (χ2v) is 5.00. The van der Waals surface area contributed by atoms with Crippen LogP contribution in [0.15, 0.2) is 5.38 Å². The lowest BCUT2D eigenvalue weighted by atomic mass is 10.1. The number of aromatic nitrogens is 1. The van der Waals surface area contributed by atoms with Crippen molar-refractivity contribution in [3.63, 3.8) is 0 Å². The molecule has 3 nitrogen and oxygen atoms in total. The van der Waals surface area contributed by atoms with Crippen LogP contribution in [0.4, 0.5) is 0 Å². The molecule has 1 heterocycles. The van der Waals surface area contributed by atoms with E-state index < -0.39 is 0 Å². The van der Waals surface area contributed by atoms with E-state index in [1.54, 1.807) is 11.3 Å². The fourth-order valence-corrected chi connectivity index (χ4v) is 1.98. The maximum atomic E-state index is 5.75. The number of hydrogen-bond acceptors (Lipinski definition) is 4. The van der Waals surface area contributed by atoms with Crippen LogP contribution in [0.1, 0.15) is 43.9 Å². The Balaban J connectivity index is 2.31. The standard InChI is InChI=1S/C11H21N3S/c1-4-8(2)5-13-6-10-7-15-11(14-10)9(3)12/h7-9,13H,4-6,12H2,1-3H3. The SMILES string of the molecule is CCC(C)CNCc1csc(C(C)N)n1. The molecule has 0 aliphatic rings. The summed E-state index contributed by atoms with van der Waals surface area (Å²) in [7, 11) is 0. The molecule has 0 fully saturated rings. The van der Waals surface area contributed by atoms with Crippen LogP contribution in [0, 0.1) is 5.92 Å². The van der Waals surface area contributed by atoms with E-state index in [1.165, 1.54) is 6.42 Å². The number of nitrogens with zero attached hydrogens (tertiary/aromatic N) is 1. The monoisotopic (exact) mass is 227 g/mol. The maximum Gasteiger partial charge on any atom is 0.109 e. The summed E-state index contributed by atoms with van der Waals surface area (Å²) in [6.45, 7) is 8.34. The Hall–Kier alpha value is -0.450. The minimum Gasteiger partial charge on any atom is -0.322 e. The molecule has 0 radical (unpaired) electrons. The maximum absolute atomic E-state index is 5.75. The molecule has 0 saturated heterocycles. The van der Waals surface area contributed by atoms with Crippen molar-refractivity contribution in [2.45, 2.75) is 39.8 Å². The fraction of sp³-hybridized carbons (Fsp3) is 0.727. The summed E-state index contributed by atoms with van der Waals surface area (Å²) in [6, 6.07) is 0.0540. The van der Waals surface area contributed by atoms with Crippen molar-refractivity contribution in [2.24, 2.45) is 11.7 Å². The van der Waals surface area contributed by atoms with Gasteiger partial charge >= 0.3 is 0 Å². The van der Waals surface area contributed by atoms with Crippen molar-refractivity contribution in [3.05, 3.63) is 16.1 Å². The molecule has 86 valence electrons. The van der Waals surface area contributed by atoms with E-state index in [0.29, 0.717) is 0 Å². The Labute approximate surface area is 96.1 Å². The van der Waals surface area contributed by atoms with Crippen molar-refractivity contribution in [1.29, 1.82) is 0 Å². The Morgan fingerprint density at radius 2 is 2.27 bits per heavy atom. The van der Waals surface area contributed by atoms with Gasteiger partial charge in [-0.3, -0.25) is 0 Å². The first-order valence-electron chi connectivity index (χ1n) is 5.54. The van der Waals surface area contributed by atoms with Gasteiger partial charge in [0.25, 0.3) is 0 Å². The summed E-state index contributed by atoms with van der Waals surface area (Å²) < 4.78 is 0. The smallest absolute Gasteiger partial charge is 0.109 e. The molecule has 0 saturated carbocycles. The number of nitrogens with two attached hydrogens (primary N) is 1. The molecule has 1 aromatic heterocycles. The van der Waals surface area contributed by atoms with Crippen LogP contribution in [0.25, 0.3) is 0 Å². The normalized spacial score (nSPS) is 15.2. The van der Waals surface area contributed by atoms with Crippen LogP contribution in [0.2, 0.25) is 0 Å². The molecular weight excluding hydrogens is 206 g/mol. The van der Waals surface area contributed by atoms with Gasteiger partial charge in [-0.25, -0.2) is 4.98 Å². The first-order chi connectivity index (χ1) is 7.13. The molecule has 1 rings (SSSR count). The molecule has 2 atom stereocenters. The molecule has 2 unspecified atom stereocenters. The molecule has 0 aromatic carbocycles. The Bertz CT molecular complexity index is 283. The fourth-order valence-electron chi connectivity index (χ4n) is 1.20. The topological polar surface area (TPSA) is 50.9 Å². The van der Waals surface area contributed by atoms with E-state index in [4.69, 9.17) is 5.73 Å². The zero-order valence-electron chi connectivity index (χ0n) is 9.79. The summed E-state index contributed by atoms with van der Waals surface area (Å²) in [4.78, 5) is 4.46. The van der Waals surface area contributed by atoms with E-state index in [9.17, 15) is 0 Å². The van der Waals surface area contributed by atoms with Crippen molar-refractivity contribution in [1.82, 2.24) is 10.3 Å². The summed E-state index contributed by atoms with van der Waals surface area (Å²) in [5.41, 5.74) is 6.86. The Morgan fingerprint density at radius 1 is 1.53 bits per heavy atom. The average molecular weight is 227 g/mol. The zero-order valence-corrected chi connectivity index (χ0v) is 10.6. The minimum absolute atomic E-state index is 0.0540. The molecule has 15 heavy (non-hydrogen) atoms. The quantitative estimate of drug-likeness (QED) is 0.784. The van der Waals surface area contributed by atoms with Gasteiger partial charge in [0.05, 0.1) is 11.7 Å². The van der Waals surface area contributed by atoms with Gasteiger partial charge < -0.3 is 11.1 Å². The van der Waals surface area contributed by atoms with Crippen molar-refractivity contribution >= 4 is 11.3 Å². The highest BCUT2D eigenvalue weighted by Gasteiger charge is 2.05. The molecule has 3 N–H and O–H groups in total. The second-order valence-electron chi connectivity index (χ2n) is 4.11. The Morgan fingerprint density at radius 3 is 2.80 bits per heavy atom. The molecule has 0 aliphatic carbocycles. The molecule has 0 aliphatic heterocycles. The van der Waals surface area contributed by atoms with E-state index >= 15 is 0 Å². The van der Waals surface area contributed by atoms with Gasteiger partial charge in [-0.1, -0.05) is 20.3 Å². The van der Waals surface area contributed by atoms with Gasteiger partial charge in [0, 0.05) is 11.9 Å². The van der Waals surface area contributed by atoms with Gasteiger partial charge in [0.2, 0.25) is 0 Å². The van der Waals surface area contributed by atoms with Crippen LogP contribution in [0.3, 0.4) is 0 Å². The predicted molar refractivity (Wildman–Crippen MR) is 65.9 cm³/mol. The molecule has 1 aromatic rings. The summed E-state index contributed by atoms with van der Waals surface area (Å²) >= 11 is 1.65. The highest BCUT2D eigenvalue weighted by atomic mass is 32.1. The third-order valence-electron chi connectivity index (χ3n) is 2.45. The van der Waals surface area contributed by atoms with Gasteiger partial charge in [-0.15, -0.1) is 11.3 Å². The average Bonchev–Trinajstić information content (AvgIpc) is 2.66. The molecule has 0 spiro atoms. The minimum atomic E-state index is 0.0540.